The Labute approximate surface area is 177 Å². The number of fused-ring (bicyclic) bond motifs is 3. The van der Waals surface area contributed by atoms with E-state index in [0.717, 1.165) is 47.5 Å². The maximum atomic E-state index is 13.4. The van der Waals surface area contributed by atoms with E-state index in [1.807, 2.05) is 41.3 Å². The number of rotatable bonds is 6. The summed E-state index contributed by atoms with van der Waals surface area (Å²) in [6.45, 7) is 4.11. The predicted octanol–water partition coefficient (Wildman–Crippen LogP) is 4.55. The van der Waals surface area contributed by atoms with Crippen molar-refractivity contribution in [1.82, 2.24) is 15.2 Å². The van der Waals surface area contributed by atoms with Gasteiger partial charge in [0.15, 0.2) is 0 Å². The van der Waals surface area contributed by atoms with E-state index >= 15 is 0 Å². The Bertz CT molecular complexity index is 1050. The highest BCUT2D eigenvalue weighted by atomic mass is 16.2. The van der Waals surface area contributed by atoms with Gasteiger partial charge in [-0.15, -0.1) is 0 Å². The van der Waals surface area contributed by atoms with Crippen molar-refractivity contribution >= 4 is 33.5 Å². The lowest BCUT2D eigenvalue weighted by Crippen LogP contribution is -2.43. The van der Waals surface area contributed by atoms with E-state index in [4.69, 9.17) is 0 Å². The van der Waals surface area contributed by atoms with E-state index in [1.165, 1.54) is 0 Å². The molecule has 1 aliphatic heterocycles. The highest BCUT2D eigenvalue weighted by Gasteiger charge is 2.28. The first-order valence-electron chi connectivity index (χ1n) is 11.0. The van der Waals surface area contributed by atoms with Crippen molar-refractivity contribution in [1.29, 1.82) is 0 Å². The van der Waals surface area contributed by atoms with Gasteiger partial charge in [-0.1, -0.05) is 50.1 Å². The zero-order valence-corrected chi connectivity index (χ0v) is 17.6. The minimum absolute atomic E-state index is 0.00199. The lowest BCUT2D eigenvalue weighted by molar-refractivity contribution is -0.126. The Morgan fingerprint density at radius 1 is 1.07 bits per heavy atom. The molecule has 0 bridgehead atoms. The smallest absolute Gasteiger partial charge is 0.256 e. The molecule has 1 saturated heterocycles. The molecule has 0 spiro atoms. The predicted molar refractivity (Wildman–Crippen MR) is 120 cm³/mol. The lowest BCUT2D eigenvalue weighted by Gasteiger charge is -2.31. The normalized spacial score (nSPS) is 14.9. The molecule has 0 radical (unpaired) electrons. The van der Waals surface area contributed by atoms with Crippen molar-refractivity contribution in [2.75, 3.05) is 19.6 Å². The maximum Gasteiger partial charge on any atom is 0.256 e. The molecule has 3 aromatic rings. The van der Waals surface area contributed by atoms with E-state index in [2.05, 4.69) is 23.3 Å². The number of aromatic nitrogens is 1. The number of hydrogen-bond donors (Lipinski definition) is 1. The minimum atomic E-state index is 0.00199. The van der Waals surface area contributed by atoms with Gasteiger partial charge in [-0.3, -0.25) is 14.6 Å². The molecule has 5 heteroatoms. The highest BCUT2D eigenvalue weighted by molar-refractivity contribution is 6.15. The average Bonchev–Trinajstić information content (AvgIpc) is 2.81. The number of amides is 2. The number of carbonyl (C=O) groups excluding carboxylic acids is 2. The molecule has 1 fully saturated rings. The Hall–Kier alpha value is -2.95. The van der Waals surface area contributed by atoms with Gasteiger partial charge in [0.2, 0.25) is 5.91 Å². The zero-order chi connectivity index (χ0) is 20.9. The van der Waals surface area contributed by atoms with E-state index < -0.39 is 0 Å². The SMILES string of the molecule is CCCCCNC(=O)C1CCN(C(=O)c2cc3ccccc3c3cccnc23)CC1. The summed E-state index contributed by atoms with van der Waals surface area (Å²) >= 11 is 0. The molecule has 1 N–H and O–H groups in total. The fraction of sp³-hybridized carbons (Fsp3) is 0.400. The van der Waals surface area contributed by atoms with Gasteiger partial charge in [0.25, 0.3) is 5.91 Å². The number of pyridine rings is 1. The van der Waals surface area contributed by atoms with Crippen LogP contribution in [0.5, 0.6) is 0 Å². The number of benzene rings is 2. The second-order valence-electron chi connectivity index (χ2n) is 8.11. The number of nitrogens with zero attached hydrogens (tertiary/aromatic N) is 2. The molecule has 2 heterocycles. The van der Waals surface area contributed by atoms with Crippen molar-refractivity contribution in [2.45, 2.75) is 39.0 Å². The number of piperidine rings is 1. The van der Waals surface area contributed by atoms with Crippen LogP contribution in [0.25, 0.3) is 21.7 Å². The standard InChI is InChI=1S/C25H29N3O2/c1-2-3-6-13-27-24(29)18-11-15-28(16-12-18)25(30)22-17-19-8-4-5-9-20(19)21-10-7-14-26-23(21)22/h4-5,7-10,14,17-18H,2-3,6,11-13,15-16H2,1H3,(H,27,29). The van der Waals surface area contributed by atoms with E-state index in [9.17, 15) is 9.59 Å². The van der Waals surface area contributed by atoms with Gasteiger partial charge in [-0.2, -0.15) is 0 Å². The molecule has 0 saturated carbocycles. The molecular formula is C25H29N3O2. The monoisotopic (exact) mass is 403 g/mol. The number of unbranched alkanes of at least 4 members (excludes halogenated alkanes) is 2. The van der Waals surface area contributed by atoms with E-state index in [-0.39, 0.29) is 17.7 Å². The topological polar surface area (TPSA) is 62.3 Å². The van der Waals surface area contributed by atoms with Gasteiger partial charge in [0.1, 0.15) is 0 Å². The third-order valence-corrected chi connectivity index (χ3v) is 6.08. The van der Waals surface area contributed by atoms with Crippen LogP contribution in [0.1, 0.15) is 49.4 Å². The fourth-order valence-electron chi connectivity index (χ4n) is 4.34. The number of nitrogens with one attached hydrogen (secondary N) is 1. The van der Waals surface area contributed by atoms with Crippen LogP contribution in [0.2, 0.25) is 0 Å². The molecule has 5 nitrogen and oxygen atoms in total. The molecule has 30 heavy (non-hydrogen) atoms. The first-order valence-corrected chi connectivity index (χ1v) is 11.0. The number of hydrogen-bond acceptors (Lipinski definition) is 3. The van der Waals surface area contributed by atoms with Crippen LogP contribution in [0.3, 0.4) is 0 Å². The highest BCUT2D eigenvalue weighted by Crippen LogP contribution is 2.29. The van der Waals surface area contributed by atoms with Crippen molar-refractivity contribution in [3.63, 3.8) is 0 Å². The van der Waals surface area contributed by atoms with Crippen LogP contribution in [0, 0.1) is 5.92 Å². The average molecular weight is 404 g/mol. The van der Waals surface area contributed by atoms with Crippen molar-refractivity contribution in [3.8, 4) is 0 Å². The summed E-state index contributed by atoms with van der Waals surface area (Å²) in [7, 11) is 0. The van der Waals surface area contributed by atoms with Crippen LogP contribution in [0.15, 0.2) is 48.7 Å². The van der Waals surface area contributed by atoms with Crippen LogP contribution < -0.4 is 5.32 Å². The summed E-state index contributed by atoms with van der Waals surface area (Å²) in [4.78, 5) is 32.2. The molecule has 156 valence electrons. The molecule has 2 amide bonds. The van der Waals surface area contributed by atoms with E-state index in [0.29, 0.717) is 31.5 Å². The largest absolute Gasteiger partial charge is 0.356 e. The summed E-state index contributed by atoms with van der Waals surface area (Å²) < 4.78 is 0. The second-order valence-corrected chi connectivity index (χ2v) is 8.11. The van der Waals surface area contributed by atoms with Gasteiger partial charge in [0.05, 0.1) is 11.1 Å². The zero-order valence-electron chi connectivity index (χ0n) is 17.6. The summed E-state index contributed by atoms with van der Waals surface area (Å²) in [6.07, 6.45) is 6.48. The summed E-state index contributed by atoms with van der Waals surface area (Å²) in [5.74, 6) is 0.143. The number of carbonyl (C=O) groups is 2. The molecule has 0 aliphatic carbocycles. The van der Waals surface area contributed by atoms with Gasteiger partial charge in [-0.05, 0) is 42.2 Å². The molecule has 1 aromatic heterocycles. The number of likely N-dealkylation sites (tertiary alicyclic amines) is 1. The first-order chi connectivity index (χ1) is 14.7. The van der Waals surface area contributed by atoms with Gasteiger partial charge in [-0.25, -0.2) is 0 Å². The maximum absolute atomic E-state index is 13.4. The first kappa shape index (κ1) is 20.3. The van der Waals surface area contributed by atoms with Gasteiger partial charge >= 0.3 is 0 Å². The Morgan fingerprint density at radius 3 is 2.63 bits per heavy atom. The van der Waals surface area contributed by atoms with Crippen molar-refractivity contribution in [2.24, 2.45) is 5.92 Å². The Kier molecular flexibility index (Phi) is 6.26. The summed E-state index contributed by atoms with van der Waals surface area (Å²) in [5.41, 5.74) is 1.39. The van der Waals surface area contributed by atoms with Crippen LogP contribution in [0.4, 0.5) is 0 Å². The van der Waals surface area contributed by atoms with Crippen LogP contribution >= 0.6 is 0 Å². The molecule has 0 atom stereocenters. The fourth-order valence-corrected chi connectivity index (χ4v) is 4.34. The molecule has 2 aromatic carbocycles. The third kappa shape index (κ3) is 4.16. The summed E-state index contributed by atoms with van der Waals surface area (Å²) in [6, 6.07) is 14.0. The van der Waals surface area contributed by atoms with Gasteiger partial charge < -0.3 is 10.2 Å². The Morgan fingerprint density at radius 2 is 1.83 bits per heavy atom. The van der Waals surface area contributed by atoms with Gasteiger partial charge in [0, 0.05) is 37.1 Å². The molecule has 1 aliphatic rings. The van der Waals surface area contributed by atoms with Crippen molar-refractivity contribution < 1.29 is 9.59 Å². The summed E-state index contributed by atoms with van der Waals surface area (Å²) in [5, 5.41) is 6.21. The quantitative estimate of drug-likeness (QED) is 0.485. The van der Waals surface area contributed by atoms with Crippen LogP contribution in [-0.2, 0) is 4.79 Å². The lowest BCUT2D eigenvalue weighted by atomic mass is 9.94. The Balaban J connectivity index is 1.48. The van der Waals surface area contributed by atoms with Crippen molar-refractivity contribution in [3.05, 3.63) is 54.2 Å². The minimum Gasteiger partial charge on any atom is -0.356 e. The second kappa shape index (κ2) is 9.24. The van der Waals surface area contributed by atoms with E-state index in [1.54, 1.807) is 6.20 Å². The van der Waals surface area contributed by atoms with Crippen LogP contribution in [-0.4, -0.2) is 41.3 Å². The molecule has 4 rings (SSSR count). The molecule has 0 unspecified atom stereocenters. The third-order valence-electron chi connectivity index (χ3n) is 6.08. The molecular weight excluding hydrogens is 374 g/mol.